The van der Waals surface area contributed by atoms with Crippen LogP contribution in [0.2, 0.25) is 0 Å². The van der Waals surface area contributed by atoms with Crippen LogP contribution in [0.15, 0.2) is 11.6 Å². The topological polar surface area (TPSA) is 35.9 Å². The highest BCUT2D eigenvalue weighted by Crippen LogP contribution is 2.59. The molecule has 0 radical (unpaired) electrons. The maximum Gasteiger partial charge on any atom is 0.0900 e. The van der Waals surface area contributed by atoms with E-state index < -0.39 is 0 Å². The second kappa shape index (κ2) is 6.60. The standard InChI is InChI=1S/C18H32N2O2/c1-18(2)15-5-4-14(17(18)10-15)12-22-13-16(21)11-20-8-6-19(3)7-9-20/h4,15-17,21H,5-13H2,1-3H3. The van der Waals surface area contributed by atoms with Gasteiger partial charge in [0.2, 0.25) is 0 Å². The third kappa shape index (κ3) is 3.40. The van der Waals surface area contributed by atoms with Crippen molar-refractivity contribution in [3.63, 3.8) is 0 Å². The summed E-state index contributed by atoms with van der Waals surface area (Å²) < 4.78 is 5.83. The molecule has 1 saturated heterocycles. The summed E-state index contributed by atoms with van der Waals surface area (Å²) >= 11 is 0. The molecule has 3 aliphatic carbocycles. The van der Waals surface area contributed by atoms with Crippen LogP contribution in [0.5, 0.6) is 0 Å². The largest absolute Gasteiger partial charge is 0.389 e. The number of aliphatic hydroxyl groups is 1. The second-order valence-electron chi connectivity index (χ2n) is 8.09. The molecule has 4 rings (SSSR count). The van der Waals surface area contributed by atoms with E-state index in [0.29, 0.717) is 24.5 Å². The smallest absolute Gasteiger partial charge is 0.0900 e. The molecule has 22 heavy (non-hydrogen) atoms. The summed E-state index contributed by atoms with van der Waals surface area (Å²) in [7, 11) is 2.15. The van der Waals surface area contributed by atoms with Gasteiger partial charge in [0.25, 0.3) is 0 Å². The molecule has 2 bridgehead atoms. The summed E-state index contributed by atoms with van der Waals surface area (Å²) in [4.78, 5) is 4.68. The number of aliphatic hydroxyl groups excluding tert-OH is 1. The van der Waals surface area contributed by atoms with E-state index >= 15 is 0 Å². The van der Waals surface area contributed by atoms with Crippen LogP contribution in [-0.2, 0) is 4.74 Å². The zero-order valence-corrected chi connectivity index (χ0v) is 14.4. The third-order valence-electron chi connectivity index (χ3n) is 6.23. The van der Waals surface area contributed by atoms with Crippen molar-refractivity contribution in [2.75, 3.05) is 53.0 Å². The summed E-state index contributed by atoms with van der Waals surface area (Å²) in [6.45, 7) is 11.0. The minimum absolute atomic E-state index is 0.366. The number of rotatable bonds is 6. The van der Waals surface area contributed by atoms with Crippen molar-refractivity contribution in [2.24, 2.45) is 17.3 Å². The molecule has 126 valence electrons. The normalized spacial score (nSPS) is 33.2. The molecule has 3 atom stereocenters. The summed E-state index contributed by atoms with van der Waals surface area (Å²) in [5, 5.41) is 10.2. The van der Waals surface area contributed by atoms with Gasteiger partial charge in [0.15, 0.2) is 0 Å². The fourth-order valence-electron chi connectivity index (χ4n) is 4.33. The minimum atomic E-state index is -0.366. The molecule has 3 unspecified atom stereocenters. The van der Waals surface area contributed by atoms with E-state index in [-0.39, 0.29) is 6.10 Å². The molecular formula is C18H32N2O2. The maximum atomic E-state index is 10.2. The number of fused-ring (bicyclic) bond motifs is 1. The SMILES string of the molecule is CN1CCN(CC(O)COCC2=CCC3CC2C3(C)C)CC1. The number of hydrogen-bond donors (Lipinski definition) is 1. The van der Waals surface area contributed by atoms with Crippen LogP contribution in [0, 0.1) is 17.3 Å². The second-order valence-corrected chi connectivity index (χ2v) is 8.09. The lowest BCUT2D eigenvalue weighted by molar-refractivity contribution is -0.0272. The fourth-order valence-corrected chi connectivity index (χ4v) is 4.33. The van der Waals surface area contributed by atoms with Crippen LogP contribution in [0.3, 0.4) is 0 Å². The van der Waals surface area contributed by atoms with Gasteiger partial charge >= 0.3 is 0 Å². The molecular weight excluding hydrogens is 276 g/mol. The van der Waals surface area contributed by atoms with Gasteiger partial charge < -0.3 is 14.7 Å². The predicted octanol–water partition coefficient (Wildman–Crippen LogP) is 1.60. The average molecular weight is 308 g/mol. The van der Waals surface area contributed by atoms with Crippen molar-refractivity contribution in [1.82, 2.24) is 9.80 Å². The first-order valence-corrected chi connectivity index (χ1v) is 8.82. The molecule has 0 aromatic heterocycles. The Morgan fingerprint density at radius 2 is 2.05 bits per heavy atom. The van der Waals surface area contributed by atoms with Crippen LogP contribution in [-0.4, -0.2) is 74.0 Å². The molecule has 0 spiro atoms. The van der Waals surface area contributed by atoms with E-state index in [0.717, 1.165) is 38.6 Å². The highest BCUT2D eigenvalue weighted by atomic mass is 16.5. The number of nitrogens with zero attached hydrogens (tertiary/aromatic N) is 2. The Morgan fingerprint density at radius 3 is 2.68 bits per heavy atom. The third-order valence-corrected chi connectivity index (χ3v) is 6.23. The zero-order chi connectivity index (χ0) is 15.7. The monoisotopic (exact) mass is 308 g/mol. The molecule has 1 saturated carbocycles. The van der Waals surface area contributed by atoms with Crippen LogP contribution < -0.4 is 0 Å². The first-order valence-electron chi connectivity index (χ1n) is 8.82. The van der Waals surface area contributed by atoms with E-state index in [9.17, 15) is 5.11 Å². The van der Waals surface area contributed by atoms with Crippen molar-refractivity contribution < 1.29 is 9.84 Å². The number of likely N-dealkylation sites (N-methyl/N-ethyl adjacent to an activating group) is 1. The number of ether oxygens (including phenoxy) is 1. The zero-order valence-electron chi connectivity index (χ0n) is 14.4. The highest BCUT2D eigenvalue weighted by molar-refractivity contribution is 5.23. The van der Waals surface area contributed by atoms with E-state index in [1.54, 1.807) is 0 Å². The van der Waals surface area contributed by atoms with Crippen LogP contribution in [0.1, 0.15) is 26.7 Å². The van der Waals surface area contributed by atoms with Crippen molar-refractivity contribution in [3.05, 3.63) is 11.6 Å². The van der Waals surface area contributed by atoms with E-state index in [1.807, 2.05) is 0 Å². The molecule has 4 nitrogen and oxygen atoms in total. The van der Waals surface area contributed by atoms with Gasteiger partial charge in [0.05, 0.1) is 19.3 Å². The van der Waals surface area contributed by atoms with Crippen molar-refractivity contribution in [3.8, 4) is 0 Å². The van der Waals surface area contributed by atoms with Gasteiger partial charge in [-0.15, -0.1) is 0 Å². The van der Waals surface area contributed by atoms with Gasteiger partial charge in [-0.05, 0) is 42.7 Å². The molecule has 1 heterocycles. The molecule has 2 fully saturated rings. The van der Waals surface area contributed by atoms with Gasteiger partial charge in [0.1, 0.15) is 0 Å². The highest BCUT2D eigenvalue weighted by Gasteiger charge is 2.50. The van der Waals surface area contributed by atoms with E-state index in [2.05, 4.69) is 36.8 Å². The Balaban J connectivity index is 1.36. The van der Waals surface area contributed by atoms with Gasteiger partial charge in [-0.1, -0.05) is 19.9 Å². The van der Waals surface area contributed by atoms with Gasteiger partial charge in [-0.3, -0.25) is 4.90 Å². The molecule has 0 amide bonds. The molecule has 0 aromatic rings. The lowest BCUT2D eigenvalue weighted by Gasteiger charge is -2.56. The van der Waals surface area contributed by atoms with Crippen molar-refractivity contribution >= 4 is 0 Å². The fraction of sp³-hybridized carbons (Fsp3) is 0.889. The van der Waals surface area contributed by atoms with E-state index in [1.165, 1.54) is 18.4 Å². The Morgan fingerprint density at radius 1 is 1.32 bits per heavy atom. The number of piperazine rings is 1. The Hall–Kier alpha value is -0.420. The summed E-state index contributed by atoms with van der Waals surface area (Å²) in [6, 6.07) is 0. The van der Waals surface area contributed by atoms with Gasteiger partial charge in [-0.2, -0.15) is 0 Å². The quantitative estimate of drug-likeness (QED) is 0.756. The predicted molar refractivity (Wildman–Crippen MR) is 88.8 cm³/mol. The first-order chi connectivity index (χ1) is 10.5. The summed E-state index contributed by atoms with van der Waals surface area (Å²) in [5.41, 5.74) is 1.94. The van der Waals surface area contributed by atoms with Crippen LogP contribution >= 0.6 is 0 Å². The number of hydrogen-bond acceptors (Lipinski definition) is 4. The number of allylic oxidation sites excluding steroid dienone is 1. The lowest BCUT2D eigenvalue weighted by Crippen LogP contribution is -2.49. The van der Waals surface area contributed by atoms with E-state index in [4.69, 9.17) is 4.74 Å². The Kier molecular flexibility index (Phi) is 4.93. The average Bonchev–Trinajstić information content (AvgIpc) is 2.49. The Labute approximate surface area is 135 Å². The maximum absolute atomic E-state index is 10.2. The molecule has 0 aromatic carbocycles. The van der Waals surface area contributed by atoms with Gasteiger partial charge in [0, 0.05) is 32.7 Å². The minimum Gasteiger partial charge on any atom is -0.389 e. The van der Waals surface area contributed by atoms with Crippen LogP contribution in [0.4, 0.5) is 0 Å². The number of β-amino-alcohol motifs (C(OH)–C–C–N with tert-alkyl or cyclic N) is 1. The van der Waals surface area contributed by atoms with Crippen molar-refractivity contribution in [1.29, 1.82) is 0 Å². The molecule has 4 aliphatic rings. The van der Waals surface area contributed by atoms with Crippen molar-refractivity contribution in [2.45, 2.75) is 32.8 Å². The summed E-state index contributed by atoms with van der Waals surface area (Å²) in [5.74, 6) is 1.59. The Bertz CT molecular complexity index is 413. The van der Waals surface area contributed by atoms with Crippen LogP contribution in [0.25, 0.3) is 0 Å². The summed E-state index contributed by atoms with van der Waals surface area (Å²) in [6.07, 6.45) is 4.57. The molecule has 1 N–H and O–H groups in total. The lowest BCUT2D eigenvalue weighted by atomic mass is 9.49. The molecule has 1 aliphatic heterocycles. The first kappa shape index (κ1) is 16.4. The molecule has 4 heteroatoms. The van der Waals surface area contributed by atoms with Gasteiger partial charge in [-0.25, -0.2) is 0 Å².